The van der Waals surface area contributed by atoms with Gasteiger partial charge in [0.25, 0.3) is 5.91 Å². The van der Waals surface area contributed by atoms with Crippen LogP contribution in [0.5, 0.6) is 0 Å². The number of amidine groups is 1. The second-order valence-electron chi connectivity index (χ2n) is 10.9. The van der Waals surface area contributed by atoms with E-state index in [1.54, 1.807) is 6.92 Å². The molecule has 1 aromatic heterocycles. The van der Waals surface area contributed by atoms with Gasteiger partial charge in [-0.15, -0.1) is 0 Å². The van der Waals surface area contributed by atoms with Crippen molar-refractivity contribution < 1.29 is 41.4 Å². The fourth-order valence-electron chi connectivity index (χ4n) is 5.77. The minimum Gasteiger partial charge on any atom is -0.390 e. The smallest absolute Gasteiger partial charge is 0.390 e. The van der Waals surface area contributed by atoms with Gasteiger partial charge in [0, 0.05) is 12.3 Å². The number of aliphatic imine (C=N–C) groups is 1. The number of likely N-dealkylation sites (tertiary alicyclic amines) is 1. The van der Waals surface area contributed by atoms with Gasteiger partial charge in [-0.2, -0.15) is 13.2 Å². The van der Waals surface area contributed by atoms with Crippen molar-refractivity contribution in [2.24, 2.45) is 22.2 Å². The Balaban J connectivity index is 1.39. The van der Waals surface area contributed by atoms with Crippen LogP contribution in [0.1, 0.15) is 39.0 Å². The second kappa shape index (κ2) is 8.91. The fraction of sp³-hybridized carbons (Fsp3) is 0.500. The Labute approximate surface area is 224 Å². The minimum absolute atomic E-state index is 0.0964. The lowest BCUT2D eigenvalue weighted by atomic mass is 9.87. The highest BCUT2D eigenvalue weighted by Crippen LogP contribution is 2.57. The second-order valence-corrected chi connectivity index (χ2v) is 10.9. The third-order valence-corrected chi connectivity index (χ3v) is 8.27. The summed E-state index contributed by atoms with van der Waals surface area (Å²) in [5.41, 5.74) is -1.56. The molecule has 0 radical (unpaired) electrons. The standard InChI is InChI=1S/C26H24F5N5O4/c1-11-20(38)25(6-7-25)24(40)36(11)17-5-4-14-18(37)15(23(39)34-19(12-2-3-12)26(29,30)31)10-35(21(14)33-17)22-16(28)8-13(27)9-32-22/h5,8-12,14,19-20,38H,2-4,6-7H2,1H3,(H,34,39)/t11?,14?,19-,20?/m1/s1. The summed E-state index contributed by atoms with van der Waals surface area (Å²) >= 11 is 0. The number of ketones is 1. The van der Waals surface area contributed by atoms with E-state index in [0.717, 1.165) is 11.1 Å². The summed E-state index contributed by atoms with van der Waals surface area (Å²) in [5, 5.41) is 12.6. The van der Waals surface area contributed by atoms with E-state index < -0.39 is 76.3 Å². The number of rotatable bonds is 5. The number of hydrogen-bond donors (Lipinski definition) is 2. The van der Waals surface area contributed by atoms with Crippen molar-refractivity contribution in [2.75, 3.05) is 4.90 Å². The maximum Gasteiger partial charge on any atom is 0.408 e. The molecule has 2 saturated carbocycles. The molecule has 40 heavy (non-hydrogen) atoms. The maximum atomic E-state index is 14.9. The molecule has 6 rings (SSSR count). The van der Waals surface area contributed by atoms with Gasteiger partial charge in [0.2, 0.25) is 5.91 Å². The Hall–Kier alpha value is -3.68. The molecule has 0 bridgehead atoms. The number of nitrogens with one attached hydrogen (secondary N) is 1. The number of Topliss-reactive ketones (excluding diaryl/α,β-unsaturated/α-hetero) is 1. The number of aliphatic hydroxyl groups is 1. The number of carbonyl (C=O) groups is 3. The first kappa shape index (κ1) is 26.5. The topological polar surface area (TPSA) is 115 Å². The Morgan fingerprint density at radius 1 is 1.23 bits per heavy atom. The van der Waals surface area contributed by atoms with E-state index in [-0.39, 0.29) is 36.8 Å². The molecule has 4 atom stereocenters. The molecule has 2 aliphatic carbocycles. The molecule has 3 aliphatic heterocycles. The fourth-order valence-corrected chi connectivity index (χ4v) is 5.77. The number of alkyl halides is 3. The SMILES string of the molecule is CC1C(O)C2(CC2)C(=O)N1C1=CCC2C(=O)C(C(=O)N[C@H](C3CC3)C(F)(F)F)=CN(c3ncc(F)cc3F)C2=N1. The van der Waals surface area contributed by atoms with Crippen LogP contribution in [-0.4, -0.2) is 62.8 Å². The number of hydrogen-bond acceptors (Lipinski definition) is 7. The van der Waals surface area contributed by atoms with E-state index >= 15 is 0 Å². The predicted molar refractivity (Wildman–Crippen MR) is 128 cm³/mol. The number of nitrogens with zero attached hydrogens (tertiary/aromatic N) is 4. The van der Waals surface area contributed by atoms with Crippen LogP contribution < -0.4 is 10.2 Å². The Morgan fingerprint density at radius 2 is 1.93 bits per heavy atom. The molecule has 3 unspecified atom stereocenters. The van der Waals surface area contributed by atoms with Gasteiger partial charge in [0.15, 0.2) is 17.4 Å². The Morgan fingerprint density at radius 3 is 2.50 bits per heavy atom. The lowest BCUT2D eigenvalue weighted by Gasteiger charge is -2.36. The van der Waals surface area contributed by atoms with E-state index in [0.29, 0.717) is 25.1 Å². The average molecular weight is 565 g/mol. The van der Waals surface area contributed by atoms with Crippen molar-refractivity contribution in [3.63, 3.8) is 0 Å². The molecular formula is C26H24F5N5O4. The highest BCUT2D eigenvalue weighted by Gasteiger charge is 2.65. The molecule has 2 N–H and O–H groups in total. The van der Waals surface area contributed by atoms with E-state index in [4.69, 9.17) is 0 Å². The van der Waals surface area contributed by atoms with Crippen LogP contribution in [0, 0.1) is 28.9 Å². The molecule has 5 aliphatic rings. The summed E-state index contributed by atoms with van der Waals surface area (Å²) in [6.45, 7) is 1.65. The molecule has 14 heteroatoms. The van der Waals surface area contributed by atoms with E-state index in [2.05, 4.69) is 9.98 Å². The third-order valence-electron chi connectivity index (χ3n) is 8.27. The van der Waals surface area contributed by atoms with Gasteiger partial charge in [-0.1, -0.05) is 0 Å². The number of halogens is 5. The van der Waals surface area contributed by atoms with Crippen molar-refractivity contribution in [1.29, 1.82) is 0 Å². The van der Waals surface area contributed by atoms with Crippen molar-refractivity contribution in [2.45, 2.75) is 63.4 Å². The average Bonchev–Trinajstić information content (AvgIpc) is 3.81. The molecule has 2 amide bonds. The Kier molecular flexibility index (Phi) is 5.91. The van der Waals surface area contributed by atoms with Gasteiger partial charge in [-0.25, -0.2) is 18.8 Å². The van der Waals surface area contributed by atoms with Crippen LogP contribution in [0.25, 0.3) is 0 Å². The quantitative estimate of drug-likeness (QED) is 0.419. The van der Waals surface area contributed by atoms with Crippen LogP contribution >= 0.6 is 0 Å². The number of aliphatic hydroxyl groups excluding tert-OH is 1. The van der Waals surface area contributed by atoms with Crippen molar-refractivity contribution >= 4 is 29.3 Å². The number of allylic oxidation sites excluding steroid dienone is 1. The third kappa shape index (κ3) is 4.11. The molecular weight excluding hydrogens is 541 g/mol. The highest BCUT2D eigenvalue weighted by atomic mass is 19.4. The first-order valence-electron chi connectivity index (χ1n) is 12.9. The minimum atomic E-state index is -4.74. The molecule has 1 aromatic rings. The number of carbonyl (C=O) groups excluding carboxylic acids is 3. The lowest BCUT2D eigenvalue weighted by molar-refractivity contribution is -0.165. The van der Waals surface area contributed by atoms with Crippen LogP contribution in [0.15, 0.2) is 40.9 Å². The van der Waals surface area contributed by atoms with Gasteiger partial charge in [-0.3, -0.25) is 24.2 Å². The van der Waals surface area contributed by atoms with Gasteiger partial charge < -0.3 is 10.4 Å². The number of anilines is 1. The molecule has 4 heterocycles. The molecule has 1 saturated heterocycles. The van der Waals surface area contributed by atoms with E-state index in [1.807, 2.05) is 5.32 Å². The number of amides is 2. The highest BCUT2D eigenvalue weighted by molar-refractivity contribution is 6.30. The largest absolute Gasteiger partial charge is 0.408 e. The van der Waals surface area contributed by atoms with Crippen LogP contribution in [0.4, 0.5) is 27.8 Å². The van der Waals surface area contributed by atoms with Gasteiger partial charge in [-0.05, 0) is 51.0 Å². The first-order chi connectivity index (χ1) is 18.8. The maximum absolute atomic E-state index is 14.9. The molecule has 1 spiro atoms. The summed E-state index contributed by atoms with van der Waals surface area (Å²) in [5.74, 6) is -7.27. The van der Waals surface area contributed by atoms with Crippen LogP contribution in [0.3, 0.4) is 0 Å². The van der Waals surface area contributed by atoms with Gasteiger partial charge in [0.05, 0.1) is 35.2 Å². The molecule has 3 fully saturated rings. The monoisotopic (exact) mass is 565 g/mol. The zero-order valence-electron chi connectivity index (χ0n) is 21.1. The zero-order chi connectivity index (χ0) is 28.7. The summed E-state index contributed by atoms with van der Waals surface area (Å²) < 4.78 is 69.3. The lowest BCUT2D eigenvalue weighted by Crippen LogP contribution is -2.51. The number of aromatic nitrogens is 1. The van der Waals surface area contributed by atoms with E-state index in [9.17, 15) is 41.4 Å². The summed E-state index contributed by atoms with van der Waals surface area (Å²) in [7, 11) is 0. The van der Waals surface area contributed by atoms with Crippen LogP contribution in [-0.2, 0) is 14.4 Å². The molecule has 0 aromatic carbocycles. The summed E-state index contributed by atoms with van der Waals surface area (Å²) in [6.07, 6.45) is -1.25. The van der Waals surface area contributed by atoms with Crippen molar-refractivity contribution in [3.05, 3.63) is 47.6 Å². The van der Waals surface area contributed by atoms with Gasteiger partial charge in [0.1, 0.15) is 23.5 Å². The normalized spacial score (nSPS) is 28.2. The molecule has 9 nitrogen and oxygen atoms in total. The van der Waals surface area contributed by atoms with E-state index in [1.165, 1.54) is 11.0 Å². The molecule has 212 valence electrons. The zero-order valence-corrected chi connectivity index (χ0v) is 21.1. The number of fused-ring (bicyclic) bond motifs is 1. The Bertz CT molecular complexity index is 1410. The van der Waals surface area contributed by atoms with Crippen molar-refractivity contribution in [3.8, 4) is 0 Å². The predicted octanol–water partition coefficient (Wildman–Crippen LogP) is 2.72. The van der Waals surface area contributed by atoms with Gasteiger partial charge >= 0.3 is 6.18 Å². The first-order valence-corrected chi connectivity index (χ1v) is 12.9. The summed E-state index contributed by atoms with van der Waals surface area (Å²) in [4.78, 5) is 50.0. The summed E-state index contributed by atoms with van der Waals surface area (Å²) in [6, 6.07) is -2.28. The number of pyridine rings is 1. The van der Waals surface area contributed by atoms with Crippen molar-refractivity contribution in [1.82, 2.24) is 15.2 Å². The van der Waals surface area contributed by atoms with Crippen LogP contribution in [0.2, 0.25) is 0 Å².